The molecule has 8 heteroatoms. The highest BCUT2D eigenvalue weighted by Crippen LogP contribution is 2.20. The van der Waals surface area contributed by atoms with E-state index in [-0.39, 0.29) is 11.4 Å². The Morgan fingerprint density at radius 1 is 1.24 bits per heavy atom. The van der Waals surface area contributed by atoms with Gasteiger partial charge in [-0.15, -0.1) is 0 Å². The number of hydrogen-bond acceptors (Lipinski definition) is 7. The maximum atomic E-state index is 12.4. The first kappa shape index (κ1) is 18.7. The van der Waals surface area contributed by atoms with Crippen molar-refractivity contribution in [3.05, 3.63) is 23.5 Å². The van der Waals surface area contributed by atoms with Gasteiger partial charge in [0, 0.05) is 6.20 Å². The first-order valence-electron chi connectivity index (χ1n) is 8.07. The molecule has 0 aliphatic carbocycles. The van der Waals surface area contributed by atoms with Gasteiger partial charge >= 0.3 is 11.9 Å². The highest BCUT2D eigenvalue weighted by molar-refractivity contribution is 5.97. The molecule has 0 spiro atoms. The molecule has 2 heterocycles. The van der Waals surface area contributed by atoms with Gasteiger partial charge in [-0.3, -0.25) is 9.59 Å². The van der Waals surface area contributed by atoms with E-state index in [9.17, 15) is 19.5 Å². The topological polar surface area (TPSA) is 115 Å². The van der Waals surface area contributed by atoms with E-state index in [2.05, 4.69) is 10.3 Å². The highest BCUT2D eigenvalue weighted by Gasteiger charge is 2.36. The highest BCUT2D eigenvalue weighted by atomic mass is 16.6. The Balaban J connectivity index is 2.25. The third-order valence-corrected chi connectivity index (χ3v) is 4.06. The van der Waals surface area contributed by atoms with Crippen LogP contribution in [0.1, 0.15) is 43.2 Å². The van der Waals surface area contributed by atoms with Crippen LogP contribution in [-0.4, -0.2) is 46.2 Å². The third kappa shape index (κ3) is 4.26. The van der Waals surface area contributed by atoms with E-state index in [4.69, 9.17) is 9.47 Å². The predicted molar refractivity (Wildman–Crippen MR) is 86.8 cm³/mol. The molecular formula is C17H22N2O6. The maximum absolute atomic E-state index is 12.4. The summed E-state index contributed by atoms with van der Waals surface area (Å²) in [5.74, 6) is -2.63. The summed E-state index contributed by atoms with van der Waals surface area (Å²) in [4.78, 5) is 40.6. The molecule has 1 aromatic rings. The summed E-state index contributed by atoms with van der Waals surface area (Å²) >= 11 is 0. The van der Waals surface area contributed by atoms with Crippen LogP contribution < -0.4 is 5.32 Å². The van der Waals surface area contributed by atoms with E-state index in [0.29, 0.717) is 12.0 Å². The lowest BCUT2D eigenvalue weighted by Gasteiger charge is -2.23. The fourth-order valence-electron chi connectivity index (χ4n) is 2.58. The molecule has 4 atom stereocenters. The lowest BCUT2D eigenvalue weighted by atomic mass is 10.1. The molecule has 8 nitrogen and oxygen atoms in total. The predicted octanol–water partition coefficient (Wildman–Crippen LogP) is 1.10. The minimum absolute atomic E-state index is 0.215. The molecule has 136 valence electrons. The first-order chi connectivity index (χ1) is 11.7. The third-order valence-electron chi connectivity index (χ3n) is 4.06. The van der Waals surface area contributed by atoms with Crippen LogP contribution in [0.4, 0.5) is 0 Å². The second-order valence-corrected chi connectivity index (χ2v) is 6.30. The molecule has 0 bridgehead atoms. The van der Waals surface area contributed by atoms with Crippen LogP contribution in [-0.2, 0) is 19.1 Å². The SMILES string of the molecule is Cc1ccnc(C(=O)N[C@@H]2C(=O)O[C@@H](C)C[C@@H](C)C(=O)O[C@@H]2C)c1O. The van der Waals surface area contributed by atoms with E-state index in [1.165, 1.54) is 13.1 Å². The number of cyclic esters (lactones) is 2. The number of carbonyl (C=O) groups excluding carboxylic acids is 3. The summed E-state index contributed by atoms with van der Waals surface area (Å²) in [6, 6.07) is 0.347. The Hall–Kier alpha value is -2.64. The molecule has 0 aromatic carbocycles. The van der Waals surface area contributed by atoms with Crippen LogP contribution in [0.3, 0.4) is 0 Å². The smallest absolute Gasteiger partial charge is 0.332 e. The minimum Gasteiger partial charge on any atom is -0.505 e. The molecule has 1 fully saturated rings. The van der Waals surface area contributed by atoms with Crippen molar-refractivity contribution in [2.75, 3.05) is 0 Å². The first-order valence-corrected chi connectivity index (χ1v) is 8.07. The van der Waals surface area contributed by atoms with Crippen LogP contribution in [0, 0.1) is 12.8 Å². The summed E-state index contributed by atoms with van der Waals surface area (Å²) in [5, 5.41) is 12.4. The molecule has 1 aromatic heterocycles. The number of aryl methyl sites for hydroxylation is 1. The number of aromatic hydroxyl groups is 1. The zero-order chi connectivity index (χ0) is 18.7. The monoisotopic (exact) mass is 350 g/mol. The van der Waals surface area contributed by atoms with E-state index in [1.807, 2.05) is 0 Å². The van der Waals surface area contributed by atoms with Crippen LogP contribution >= 0.6 is 0 Å². The summed E-state index contributed by atoms with van der Waals surface area (Å²) in [5.41, 5.74) is 0.256. The molecule has 2 rings (SSSR count). The molecule has 1 aliphatic heterocycles. The van der Waals surface area contributed by atoms with Crippen molar-refractivity contribution in [3.63, 3.8) is 0 Å². The normalized spacial score (nSPS) is 27.4. The second kappa shape index (κ2) is 7.50. The molecule has 1 saturated heterocycles. The lowest BCUT2D eigenvalue weighted by molar-refractivity contribution is -0.157. The maximum Gasteiger partial charge on any atom is 0.332 e. The van der Waals surface area contributed by atoms with E-state index >= 15 is 0 Å². The van der Waals surface area contributed by atoms with Gasteiger partial charge in [-0.05, 0) is 38.8 Å². The van der Waals surface area contributed by atoms with Gasteiger partial charge in [-0.25, -0.2) is 9.78 Å². The number of rotatable bonds is 2. The number of nitrogens with one attached hydrogen (secondary N) is 1. The Morgan fingerprint density at radius 2 is 1.92 bits per heavy atom. The van der Waals surface area contributed by atoms with Crippen LogP contribution in [0.15, 0.2) is 12.3 Å². The summed E-state index contributed by atoms with van der Waals surface area (Å²) in [7, 11) is 0. The number of nitrogens with zero attached hydrogens (tertiary/aromatic N) is 1. The number of amides is 1. The molecule has 0 saturated carbocycles. The van der Waals surface area contributed by atoms with E-state index < -0.39 is 42.0 Å². The fraction of sp³-hybridized carbons (Fsp3) is 0.529. The van der Waals surface area contributed by atoms with Gasteiger partial charge in [0.05, 0.1) is 12.0 Å². The van der Waals surface area contributed by atoms with E-state index in [0.717, 1.165) is 0 Å². The van der Waals surface area contributed by atoms with Crippen LogP contribution in [0.5, 0.6) is 5.75 Å². The lowest BCUT2D eigenvalue weighted by Crippen LogP contribution is -2.50. The van der Waals surface area contributed by atoms with E-state index in [1.54, 1.807) is 26.8 Å². The van der Waals surface area contributed by atoms with Crippen molar-refractivity contribution in [2.24, 2.45) is 5.92 Å². The number of hydrogen-bond donors (Lipinski definition) is 2. The second-order valence-electron chi connectivity index (χ2n) is 6.30. The fourth-order valence-corrected chi connectivity index (χ4v) is 2.58. The molecule has 1 amide bonds. The zero-order valence-electron chi connectivity index (χ0n) is 14.6. The largest absolute Gasteiger partial charge is 0.505 e. The van der Waals surface area contributed by atoms with Gasteiger partial charge in [-0.2, -0.15) is 0 Å². The Labute approximate surface area is 145 Å². The Bertz CT molecular complexity index is 690. The van der Waals surface area contributed by atoms with Gasteiger partial charge in [-0.1, -0.05) is 6.92 Å². The molecule has 2 N–H and O–H groups in total. The average molecular weight is 350 g/mol. The number of carbonyl (C=O) groups is 3. The van der Waals surface area contributed by atoms with Crippen molar-refractivity contribution >= 4 is 17.8 Å². The molecule has 25 heavy (non-hydrogen) atoms. The van der Waals surface area contributed by atoms with Crippen molar-refractivity contribution < 1.29 is 29.0 Å². The van der Waals surface area contributed by atoms with Crippen LogP contribution in [0.25, 0.3) is 0 Å². The van der Waals surface area contributed by atoms with Crippen molar-refractivity contribution in [3.8, 4) is 5.75 Å². The van der Waals surface area contributed by atoms with Gasteiger partial charge < -0.3 is 19.9 Å². The van der Waals surface area contributed by atoms with Crippen molar-refractivity contribution in [1.29, 1.82) is 0 Å². The van der Waals surface area contributed by atoms with Gasteiger partial charge in [0.25, 0.3) is 5.91 Å². The molecule has 0 unspecified atom stereocenters. The number of esters is 2. The average Bonchev–Trinajstić information content (AvgIpc) is 2.56. The van der Waals surface area contributed by atoms with Crippen LogP contribution in [0.2, 0.25) is 0 Å². The van der Waals surface area contributed by atoms with Crippen molar-refractivity contribution in [2.45, 2.75) is 52.4 Å². The number of ether oxygens (including phenoxy) is 2. The zero-order valence-corrected chi connectivity index (χ0v) is 14.6. The molecule has 0 radical (unpaired) electrons. The number of pyridine rings is 1. The van der Waals surface area contributed by atoms with Crippen molar-refractivity contribution in [1.82, 2.24) is 10.3 Å². The van der Waals surface area contributed by atoms with Gasteiger partial charge in [0.1, 0.15) is 11.9 Å². The van der Waals surface area contributed by atoms with Gasteiger partial charge in [0.2, 0.25) is 0 Å². The summed E-state index contributed by atoms with van der Waals surface area (Å²) < 4.78 is 10.6. The molecular weight excluding hydrogens is 328 g/mol. The summed E-state index contributed by atoms with van der Waals surface area (Å²) in [6.45, 7) is 6.48. The molecule has 1 aliphatic rings. The Morgan fingerprint density at radius 3 is 2.60 bits per heavy atom. The number of aromatic nitrogens is 1. The standard InChI is InChI=1S/C17H22N2O6/c1-8-5-6-18-13(14(8)20)15(21)19-12-11(4)25-16(22)9(2)7-10(3)24-17(12)23/h5-6,9-12,20H,7H2,1-4H3,(H,19,21)/t9-,10+,11-,12+/m1/s1. The quantitative estimate of drug-likeness (QED) is 0.767. The van der Waals surface area contributed by atoms with Gasteiger partial charge in [0.15, 0.2) is 11.7 Å². The Kier molecular flexibility index (Phi) is 5.61. The summed E-state index contributed by atoms with van der Waals surface area (Å²) in [6.07, 6.45) is 0.283. The minimum atomic E-state index is -1.20.